The molecule has 2 aromatic rings. The third kappa shape index (κ3) is 9.63. The largest absolute Gasteiger partial charge is 0.444 e. The van der Waals surface area contributed by atoms with E-state index in [-0.39, 0.29) is 34.1 Å². The number of fused-ring (bicyclic) bond motifs is 1. The molecule has 0 bridgehead atoms. The number of aromatic nitrogens is 1. The third-order valence-corrected chi connectivity index (χ3v) is 6.25. The number of hydrogen-bond donors (Lipinski definition) is 1. The fourth-order valence-corrected chi connectivity index (χ4v) is 4.50. The number of amides is 2. The Hall–Kier alpha value is -2.65. The van der Waals surface area contributed by atoms with Gasteiger partial charge in [-0.1, -0.05) is 11.3 Å². The molecule has 1 aromatic carbocycles. The molecule has 15 heteroatoms. The average Bonchev–Trinajstić information content (AvgIpc) is 3.05. The van der Waals surface area contributed by atoms with Crippen molar-refractivity contribution in [2.75, 3.05) is 24.7 Å². The number of carbonyl (C=O) groups is 2. The zero-order valence-electron chi connectivity index (χ0n) is 21.5. The Bertz CT molecular complexity index is 1250. The van der Waals surface area contributed by atoms with Gasteiger partial charge in [-0.15, -0.1) is 0 Å². The molecule has 208 valence electrons. The molecule has 0 aliphatic carbocycles. The van der Waals surface area contributed by atoms with E-state index in [1.54, 1.807) is 41.5 Å². The van der Waals surface area contributed by atoms with Crippen molar-refractivity contribution in [3.8, 4) is 0 Å². The minimum absolute atomic E-state index is 0.0259. The maximum Gasteiger partial charge on any atom is 0.424 e. The Morgan fingerprint density at radius 1 is 1.05 bits per heavy atom. The van der Waals surface area contributed by atoms with Crippen LogP contribution in [0.15, 0.2) is 12.1 Å². The van der Waals surface area contributed by atoms with Crippen molar-refractivity contribution in [1.29, 1.82) is 0 Å². The fraction of sp³-hybridized carbons (Fsp3) is 0.591. The highest BCUT2D eigenvalue weighted by Gasteiger charge is 2.32. The Morgan fingerprint density at radius 2 is 1.65 bits per heavy atom. The molecule has 0 unspecified atom stereocenters. The highest BCUT2D eigenvalue weighted by molar-refractivity contribution is 7.88. The van der Waals surface area contributed by atoms with E-state index in [9.17, 15) is 31.2 Å². The van der Waals surface area contributed by atoms with Gasteiger partial charge < -0.3 is 14.2 Å². The van der Waals surface area contributed by atoms with Crippen molar-refractivity contribution in [2.24, 2.45) is 0 Å². The summed E-state index contributed by atoms with van der Waals surface area (Å²) in [5.74, 6) is 0. The molecule has 0 atom stereocenters. The van der Waals surface area contributed by atoms with E-state index in [0.29, 0.717) is 4.31 Å². The highest BCUT2D eigenvalue weighted by atomic mass is 32.2. The predicted molar refractivity (Wildman–Crippen MR) is 132 cm³/mol. The number of hydrogen-bond acceptors (Lipinski definition) is 9. The Kier molecular flexibility index (Phi) is 9.08. The maximum atomic E-state index is 13.5. The van der Waals surface area contributed by atoms with E-state index in [4.69, 9.17) is 14.2 Å². The average molecular weight is 570 g/mol. The number of alkyl halides is 3. The van der Waals surface area contributed by atoms with Crippen LogP contribution >= 0.6 is 11.3 Å². The molecule has 0 spiro atoms. The van der Waals surface area contributed by atoms with Crippen LogP contribution in [0.4, 0.5) is 27.9 Å². The van der Waals surface area contributed by atoms with Crippen LogP contribution in [0.3, 0.4) is 0 Å². The van der Waals surface area contributed by atoms with E-state index in [2.05, 4.69) is 10.3 Å². The predicted octanol–water partition coefficient (Wildman–Crippen LogP) is 5.38. The monoisotopic (exact) mass is 569 g/mol. The summed E-state index contributed by atoms with van der Waals surface area (Å²) in [6.07, 6.45) is -5.75. The van der Waals surface area contributed by atoms with Gasteiger partial charge in [0.2, 0.25) is 10.0 Å². The molecule has 1 heterocycles. The number of benzene rings is 1. The van der Waals surface area contributed by atoms with Crippen LogP contribution in [0.25, 0.3) is 10.2 Å². The second-order valence-electron chi connectivity index (χ2n) is 9.99. The Labute approximate surface area is 217 Å². The number of halogens is 3. The van der Waals surface area contributed by atoms with Gasteiger partial charge in [0.15, 0.2) is 5.13 Å². The summed E-state index contributed by atoms with van der Waals surface area (Å²) in [5, 5.41) is 2.43. The van der Waals surface area contributed by atoms with Gasteiger partial charge >= 0.3 is 18.4 Å². The van der Waals surface area contributed by atoms with Crippen LogP contribution in [0.2, 0.25) is 0 Å². The minimum Gasteiger partial charge on any atom is -0.444 e. The van der Waals surface area contributed by atoms with Crippen molar-refractivity contribution >= 4 is 48.9 Å². The molecule has 0 aliphatic rings. The van der Waals surface area contributed by atoms with E-state index in [1.165, 1.54) is 0 Å². The second kappa shape index (κ2) is 11.0. The molecule has 10 nitrogen and oxygen atoms in total. The third-order valence-electron chi connectivity index (χ3n) is 4.20. The number of thiazole rings is 1. The quantitative estimate of drug-likeness (QED) is 0.441. The van der Waals surface area contributed by atoms with Crippen LogP contribution in [0, 0.1) is 0 Å². The zero-order chi connectivity index (χ0) is 28.4. The molecule has 1 N–H and O–H groups in total. The van der Waals surface area contributed by atoms with Crippen LogP contribution in [-0.2, 0) is 37.0 Å². The van der Waals surface area contributed by atoms with Crippen LogP contribution in [0.5, 0.6) is 0 Å². The molecule has 1 aromatic heterocycles. The summed E-state index contributed by atoms with van der Waals surface area (Å²) in [7, 11) is -4.00. The van der Waals surface area contributed by atoms with Crippen molar-refractivity contribution in [3.05, 3.63) is 23.3 Å². The molecule has 2 amide bonds. The lowest BCUT2D eigenvalue weighted by atomic mass is 10.1. The molecule has 0 aliphatic heterocycles. The van der Waals surface area contributed by atoms with Gasteiger partial charge in [-0.25, -0.2) is 27.3 Å². The first-order valence-corrected chi connectivity index (χ1v) is 13.6. The smallest absolute Gasteiger partial charge is 0.424 e. The van der Waals surface area contributed by atoms with Gasteiger partial charge in [0.1, 0.15) is 11.2 Å². The SMILES string of the molecule is CC(C)(C)OC(=O)Nc1nc2c(COCCN(C(=O)OC(C)(C)C)S(C)(=O)=O)cc(C(F)(F)F)cc2s1. The first kappa shape index (κ1) is 30.6. The number of ether oxygens (including phenoxy) is 3. The molecule has 37 heavy (non-hydrogen) atoms. The summed E-state index contributed by atoms with van der Waals surface area (Å²) in [6.45, 7) is 8.57. The first-order valence-electron chi connectivity index (χ1n) is 10.9. The topological polar surface area (TPSA) is 124 Å². The van der Waals surface area contributed by atoms with Crippen molar-refractivity contribution in [3.63, 3.8) is 0 Å². The Balaban J connectivity index is 2.23. The molecular weight excluding hydrogens is 539 g/mol. The summed E-state index contributed by atoms with van der Waals surface area (Å²) in [4.78, 5) is 28.5. The highest BCUT2D eigenvalue weighted by Crippen LogP contribution is 2.37. The molecule has 2 rings (SSSR count). The Morgan fingerprint density at radius 3 is 2.16 bits per heavy atom. The lowest BCUT2D eigenvalue weighted by molar-refractivity contribution is -0.137. The van der Waals surface area contributed by atoms with E-state index in [1.807, 2.05) is 0 Å². The van der Waals surface area contributed by atoms with Gasteiger partial charge in [-0.05, 0) is 53.7 Å². The lowest BCUT2D eigenvalue weighted by Gasteiger charge is -2.25. The van der Waals surface area contributed by atoms with E-state index in [0.717, 1.165) is 29.7 Å². The van der Waals surface area contributed by atoms with Gasteiger partial charge in [0, 0.05) is 5.56 Å². The van der Waals surface area contributed by atoms with Gasteiger partial charge in [-0.3, -0.25) is 5.32 Å². The summed E-state index contributed by atoms with van der Waals surface area (Å²) >= 11 is 0.825. The summed E-state index contributed by atoms with van der Waals surface area (Å²) in [6, 6.07) is 1.77. The van der Waals surface area contributed by atoms with E-state index >= 15 is 0 Å². The van der Waals surface area contributed by atoms with Gasteiger partial charge in [0.05, 0.1) is 41.8 Å². The van der Waals surface area contributed by atoms with Crippen molar-refractivity contribution in [2.45, 2.75) is 65.5 Å². The van der Waals surface area contributed by atoms with Crippen molar-refractivity contribution in [1.82, 2.24) is 9.29 Å². The molecular formula is C22H30F3N3O7S2. The van der Waals surface area contributed by atoms with E-state index < -0.39 is 51.7 Å². The molecule has 0 radical (unpaired) electrons. The standard InChI is InChI=1S/C22H30F3N3O7S2/c1-20(2,3)34-18(29)27-17-26-16-13(10-14(22(23,24)25)11-15(16)36-17)12-33-9-8-28(37(7,31)32)19(30)35-21(4,5)6/h10-11H,8-9,12H2,1-7H3,(H,26,27,29). The number of rotatable bonds is 7. The minimum atomic E-state index is -4.66. The number of anilines is 1. The lowest BCUT2D eigenvalue weighted by Crippen LogP contribution is -2.42. The van der Waals surface area contributed by atoms with Crippen molar-refractivity contribution < 1.29 is 45.4 Å². The van der Waals surface area contributed by atoms with Crippen LogP contribution < -0.4 is 5.32 Å². The maximum absolute atomic E-state index is 13.5. The molecule has 0 fully saturated rings. The number of nitrogens with one attached hydrogen (secondary N) is 1. The van der Waals surface area contributed by atoms with Gasteiger partial charge in [0.25, 0.3) is 0 Å². The zero-order valence-corrected chi connectivity index (χ0v) is 23.1. The number of sulfonamides is 1. The molecule has 0 saturated carbocycles. The number of carbonyl (C=O) groups excluding carboxylic acids is 2. The normalized spacial score (nSPS) is 12.9. The van der Waals surface area contributed by atoms with Gasteiger partial charge in [-0.2, -0.15) is 13.2 Å². The van der Waals surface area contributed by atoms with Crippen LogP contribution in [-0.4, -0.2) is 60.5 Å². The van der Waals surface area contributed by atoms with Crippen LogP contribution in [0.1, 0.15) is 52.7 Å². The summed E-state index contributed by atoms with van der Waals surface area (Å²) in [5.41, 5.74) is -2.46. The molecule has 0 saturated heterocycles. The second-order valence-corrected chi connectivity index (χ2v) is 12.9. The first-order chi connectivity index (χ1) is 16.7. The number of nitrogens with zero attached hydrogens (tertiary/aromatic N) is 2. The summed E-state index contributed by atoms with van der Waals surface area (Å²) < 4.78 is 80.8. The fourth-order valence-electron chi connectivity index (χ4n) is 2.85.